The molecular formula is C11H8BrIO. The Morgan fingerprint density at radius 3 is 2.71 bits per heavy atom. The topological polar surface area (TPSA) is 9.23 Å². The zero-order valence-corrected chi connectivity index (χ0v) is 11.3. The molecule has 0 aliphatic heterocycles. The van der Waals surface area contributed by atoms with E-state index in [4.69, 9.17) is 4.74 Å². The summed E-state index contributed by atoms with van der Waals surface area (Å²) in [4.78, 5) is 0. The molecule has 0 saturated heterocycles. The van der Waals surface area contributed by atoms with Gasteiger partial charge in [-0.2, -0.15) is 0 Å². The van der Waals surface area contributed by atoms with Crippen LogP contribution in [0, 0.1) is 3.57 Å². The van der Waals surface area contributed by atoms with Gasteiger partial charge in [0.15, 0.2) is 0 Å². The molecule has 14 heavy (non-hydrogen) atoms. The first-order valence-corrected chi connectivity index (χ1v) is 6.02. The number of ether oxygens (including phenoxy) is 1. The molecule has 0 bridgehead atoms. The summed E-state index contributed by atoms with van der Waals surface area (Å²) in [5.41, 5.74) is 0. The largest absolute Gasteiger partial charge is 0.494 e. The molecule has 0 fully saturated rings. The third kappa shape index (κ3) is 1.63. The minimum absolute atomic E-state index is 0.907. The summed E-state index contributed by atoms with van der Waals surface area (Å²) in [5, 5.41) is 2.46. The van der Waals surface area contributed by atoms with E-state index < -0.39 is 0 Å². The van der Waals surface area contributed by atoms with Gasteiger partial charge in [-0.25, -0.2) is 0 Å². The number of hydrogen-bond donors (Lipinski definition) is 0. The van der Waals surface area contributed by atoms with Crippen LogP contribution in [0.5, 0.6) is 5.75 Å². The molecule has 0 unspecified atom stereocenters. The van der Waals surface area contributed by atoms with Crippen molar-refractivity contribution in [3.63, 3.8) is 0 Å². The predicted octanol–water partition coefficient (Wildman–Crippen LogP) is 4.22. The molecule has 72 valence electrons. The molecule has 0 radical (unpaired) electrons. The van der Waals surface area contributed by atoms with Gasteiger partial charge in [-0.3, -0.25) is 0 Å². The summed E-state index contributed by atoms with van der Waals surface area (Å²) < 4.78 is 7.48. The van der Waals surface area contributed by atoms with Crippen molar-refractivity contribution in [3.8, 4) is 5.75 Å². The first-order chi connectivity index (χ1) is 6.74. The summed E-state index contributed by atoms with van der Waals surface area (Å²) >= 11 is 5.81. The van der Waals surface area contributed by atoms with Gasteiger partial charge in [0.1, 0.15) is 5.75 Å². The fourth-order valence-corrected chi connectivity index (χ4v) is 3.42. The highest BCUT2D eigenvalue weighted by Crippen LogP contribution is 2.36. The van der Waals surface area contributed by atoms with Crippen molar-refractivity contribution in [1.82, 2.24) is 0 Å². The van der Waals surface area contributed by atoms with Gasteiger partial charge in [-0.1, -0.05) is 24.3 Å². The van der Waals surface area contributed by atoms with Crippen molar-refractivity contribution < 1.29 is 4.74 Å². The number of methoxy groups -OCH3 is 1. The normalized spacial score (nSPS) is 10.5. The van der Waals surface area contributed by atoms with Gasteiger partial charge < -0.3 is 4.74 Å². The molecule has 2 aromatic carbocycles. The van der Waals surface area contributed by atoms with E-state index in [1.807, 2.05) is 12.1 Å². The number of fused-ring (bicyclic) bond motifs is 1. The van der Waals surface area contributed by atoms with Crippen LogP contribution in [0.2, 0.25) is 0 Å². The lowest BCUT2D eigenvalue weighted by Gasteiger charge is -2.09. The monoisotopic (exact) mass is 362 g/mol. The van der Waals surface area contributed by atoms with Crippen LogP contribution in [0.25, 0.3) is 10.8 Å². The number of hydrogen-bond acceptors (Lipinski definition) is 1. The fraction of sp³-hybridized carbons (Fsp3) is 0.0909. The minimum atomic E-state index is 0.907. The van der Waals surface area contributed by atoms with Crippen molar-refractivity contribution in [2.75, 3.05) is 7.11 Å². The van der Waals surface area contributed by atoms with Crippen molar-refractivity contribution in [2.24, 2.45) is 0 Å². The van der Waals surface area contributed by atoms with E-state index in [2.05, 4.69) is 56.7 Å². The van der Waals surface area contributed by atoms with Gasteiger partial charge in [0.05, 0.1) is 15.2 Å². The van der Waals surface area contributed by atoms with Gasteiger partial charge in [0.2, 0.25) is 0 Å². The highest BCUT2D eigenvalue weighted by atomic mass is 127. The zero-order chi connectivity index (χ0) is 10.1. The lowest BCUT2D eigenvalue weighted by atomic mass is 10.1. The van der Waals surface area contributed by atoms with Crippen LogP contribution in [-0.4, -0.2) is 7.11 Å². The molecule has 0 saturated carbocycles. The molecule has 0 aliphatic carbocycles. The highest BCUT2D eigenvalue weighted by Gasteiger charge is 2.09. The van der Waals surface area contributed by atoms with E-state index >= 15 is 0 Å². The summed E-state index contributed by atoms with van der Waals surface area (Å²) in [6.45, 7) is 0. The quantitative estimate of drug-likeness (QED) is 0.690. The molecule has 2 rings (SSSR count). The van der Waals surface area contributed by atoms with Crippen LogP contribution in [0.3, 0.4) is 0 Å². The average Bonchev–Trinajstić information content (AvgIpc) is 2.18. The zero-order valence-electron chi connectivity index (χ0n) is 7.55. The second kappa shape index (κ2) is 4.06. The molecule has 0 amide bonds. The van der Waals surface area contributed by atoms with Gasteiger partial charge in [-0.15, -0.1) is 0 Å². The van der Waals surface area contributed by atoms with Crippen molar-refractivity contribution in [1.29, 1.82) is 0 Å². The molecule has 0 heterocycles. The van der Waals surface area contributed by atoms with Crippen LogP contribution in [0.1, 0.15) is 0 Å². The Labute approximate surface area is 105 Å². The Balaban J connectivity index is 2.86. The van der Waals surface area contributed by atoms with E-state index in [0.29, 0.717) is 0 Å². The van der Waals surface area contributed by atoms with Gasteiger partial charge in [0.25, 0.3) is 0 Å². The Kier molecular flexibility index (Phi) is 2.97. The standard InChI is InChI=1S/C11H8BrIO/c1-14-11-9(12)6-7-4-2-3-5-8(7)10(11)13/h2-6H,1H3. The van der Waals surface area contributed by atoms with Crippen molar-refractivity contribution >= 4 is 49.3 Å². The van der Waals surface area contributed by atoms with Gasteiger partial charge in [0, 0.05) is 0 Å². The lowest BCUT2D eigenvalue weighted by Crippen LogP contribution is -1.89. The van der Waals surface area contributed by atoms with Gasteiger partial charge >= 0.3 is 0 Å². The maximum atomic E-state index is 5.33. The fourth-order valence-electron chi connectivity index (χ4n) is 1.44. The maximum absolute atomic E-state index is 5.33. The van der Waals surface area contributed by atoms with E-state index in [1.165, 1.54) is 10.8 Å². The minimum Gasteiger partial charge on any atom is -0.494 e. The third-order valence-corrected chi connectivity index (χ3v) is 3.76. The number of benzene rings is 2. The van der Waals surface area contributed by atoms with E-state index in [0.717, 1.165) is 13.8 Å². The Morgan fingerprint density at radius 1 is 1.29 bits per heavy atom. The second-order valence-electron chi connectivity index (χ2n) is 2.93. The van der Waals surface area contributed by atoms with Crippen LogP contribution in [0.4, 0.5) is 0 Å². The highest BCUT2D eigenvalue weighted by molar-refractivity contribution is 14.1. The molecule has 0 N–H and O–H groups in total. The summed E-state index contributed by atoms with van der Waals surface area (Å²) in [6, 6.07) is 10.4. The molecule has 0 spiro atoms. The smallest absolute Gasteiger partial charge is 0.146 e. The molecule has 0 aliphatic rings. The SMILES string of the molecule is COc1c(Br)cc2ccccc2c1I. The Morgan fingerprint density at radius 2 is 2.00 bits per heavy atom. The van der Waals surface area contributed by atoms with Gasteiger partial charge in [-0.05, 0) is 55.4 Å². The van der Waals surface area contributed by atoms with E-state index in [-0.39, 0.29) is 0 Å². The van der Waals surface area contributed by atoms with Crippen molar-refractivity contribution in [2.45, 2.75) is 0 Å². The van der Waals surface area contributed by atoms with E-state index in [9.17, 15) is 0 Å². The average molecular weight is 363 g/mol. The molecule has 3 heteroatoms. The van der Waals surface area contributed by atoms with E-state index in [1.54, 1.807) is 7.11 Å². The molecule has 1 nitrogen and oxygen atoms in total. The summed E-state index contributed by atoms with van der Waals surface area (Å²) in [5.74, 6) is 0.907. The summed E-state index contributed by atoms with van der Waals surface area (Å²) in [6.07, 6.45) is 0. The molecular weight excluding hydrogens is 355 g/mol. The van der Waals surface area contributed by atoms with Crippen LogP contribution >= 0.6 is 38.5 Å². The molecule has 0 atom stereocenters. The summed E-state index contributed by atoms with van der Waals surface area (Å²) in [7, 11) is 1.69. The second-order valence-corrected chi connectivity index (χ2v) is 4.86. The third-order valence-electron chi connectivity index (χ3n) is 2.10. The first-order valence-electron chi connectivity index (χ1n) is 4.15. The van der Waals surface area contributed by atoms with Crippen molar-refractivity contribution in [3.05, 3.63) is 38.4 Å². The Bertz CT molecular complexity index is 482. The lowest BCUT2D eigenvalue weighted by molar-refractivity contribution is 0.410. The van der Waals surface area contributed by atoms with Crippen LogP contribution < -0.4 is 4.74 Å². The molecule has 0 aromatic heterocycles. The molecule has 2 aromatic rings. The first kappa shape index (κ1) is 10.2. The Hall–Kier alpha value is -0.290. The van der Waals surface area contributed by atoms with Crippen LogP contribution in [0.15, 0.2) is 34.8 Å². The predicted molar refractivity (Wildman–Crippen MR) is 70.9 cm³/mol. The maximum Gasteiger partial charge on any atom is 0.146 e. The van der Waals surface area contributed by atoms with Crippen LogP contribution in [-0.2, 0) is 0 Å². The number of rotatable bonds is 1. The number of halogens is 2.